The second-order valence-electron chi connectivity index (χ2n) is 6.23. The van der Waals surface area contributed by atoms with Crippen molar-refractivity contribution in [3.8, 4) is 11.1 Å². The topological polar surface area (TPSA) is 76.0 Å². The van der Waals surface area contributed by atoms with Crippen LogP contribution in [-0.4, -0.2) is 17.2 Å². The molecule has 1 aromatic heterocycles. The summed E-state index contributed by atoms with van der Waals surface area (Å²) in [5.41, 5.74) is 11.3. The molecule has 4 aromatic rings. The van der Waals surface area contributed by atoms with Crippen molar-refractivity contribution in [2.75, 3.05) is 0 Å². The minimum atomic E-state index is -0.485. The number of hydrogen-bond donors (Lipinski definition) is 2. The van der Waals surface area contributed by atoms with Crippen molar-refractivity contribution in [1.82, 2.24) is 4.98 Å². The van der Waals surface area contributed by atoms with Gasteiger partial charge in [0.1, 0.15) is 6.29 Å². The number of rotatable bonds is 3. The van der Waals surface area contributed by atoms with Crippen LogP contribution in [0.25, 0.3) is 32.9 Å². The Morgan fingerprint density at radius 1 is 1.00 bits per heavy atom. The van der Waals surface area contributed by atoms with E-state index in [0.29, 0.717) is 16.6 Å². The molecule has 1 amide bonds. The number of benzene rings is 3. The molecular weight excluding hydrogens is 312 g/mol. The number of nitrogens with one attached hydrogen (secondary N) is 1. The molecular formula is C21H16N2O2. The first kappa shape index (κ1) is 15.1. The van der Waals surface area contributed by atoms with E-state index in [1.54, 1.807) is 6.07 Å². The number of primary amides is 1. The number of carbonyl (C=O) groups is 2. The number of aryl methyl sites for hydroxylation is 1. The maximum absolute atomic E-state index is 12.0. The molecule has 4 heteroatoms. The number of nitrogens with two attached hydrogens (primary N) is 1. The number of carbonyl (C=O) groups excluding carboxylic acids is 2. The zero-order valence-electron chi connectivity index (χ0n) is 13.7. The van der Waals surface area contributed by atoms with Crippen molar-refractivity contribution in [3.63, 3.8) is 0 Å². The number of hydrogen-bond acceptors (Lipinski definition) is 2. The van der Waals surface area contributed by atoms with Gasteiger partial charge in [-0.25, -0.2) is 0 Å². The van der Waals surface area contributed by atoms with Crippen molar-refractivity contribution in [2.24, 2.45) is 5.73 Å². The smallest absolute Gasteiger partial charge is 0.250 e. The number of aldehydes is 1. The Hall–Kier alpha value is -3.40. The number of fused-ring (bicyclic) bond motifs is 3. The van der Waals surface area contributed by atoms with Crippen LogP contribution >= 0.6 is 0 Å². The van der Waals surface area contributed by atoms with Crippen LogP contribution in [-0.2, 0) is 0 Å². The number of aromatic amines is 1. The molecule has 0 fully saturated rings. The molecule has 4 nitrogen and oxygen atoms in total. The molecule has 0 unspecified atom stereocenters. The normalized spacial score (nSPS) is 11.1. The Morgan fingerprint density at radius 3 is 2.56 bits per heavy atom. The highest BCUT2D eigenvalue weighted by Gasteiger charge is 2.15. The lowest BCUT2D eigenvalue weighted by Gasteiger charge is -2.07. The molecule has 0 aliphatic carbocycles. The van der Waals surface area contributed by atoms with Gasteiger partial charge in [-0.1, -0.05) is 29.8 Å². The summed E-state index contributed by atoms with van der Waals surface area (Å²) in [6.07, 6.45) is 0.817. The first-order chi connectivity index (χ1) is 12.1. The van der Waals surface area contributed by atoms with Gasteiger partial charge in [-0.2, -0.15) is 0 Å². The maximum Gasteiger partial charge on any atom is 0.250 e. The Morgan fingerprint density at radius 2 is 1.84 bits per heavy atom. The standard InChI is InChI=1S/C21H16N2O2/c1-12-3-2-4-14(7-12)15-9-17-16-8-13(11-24)5-6-19(16)23-20(17)18(10-15)21(22)25/h2-11,23H,1H3,(H2,22,25). The molecule has 3 aromatic carbocycles. The van der Waals surface area contributed by atoms with Gasteiger partial charge >= 0.3 is 0 Å². The average molecular weight is 328 g/mol. The predicted octanol–water partition coefficient (Wildman–Crippen LogP) is 4.21. The number of H-pyrrole nitrogens is 1. The van der Waals surface area contributed by atoms with Crippen LogP contribution < -0.4 is 5.73 Å². The fourth-order valence-electron chi connectivity index (χ4n) is 3.28. The van der Waals surface area contributed by atoms with E-state index in [0.717, 1.165) is 39.3 Å². The van der Waals surface area contributed by atoms with E-state index in [1.807, 2.05) is 49.4 Å². The Labute approximate surface area is 144 Å². The summed E-state index contributed by atoms with van der Waals surface area (Å²) >= 11 is 0. The summed E-state index contributed by atoms with van der Waals surface area (Å²) in [4.78, 5) is 26.4. The molecule has 0 aliphatic heterocycles. The van der Waals surface area contributed by atoms with Gasteiger partial charge in [0.25, 0.3) is 5.91 Å². The number of amides is 1. The molecule has 122 valence electrons. The fourth-order valence-corrected chi connectivity index (χ4v) is 3.28. The number of aromatic nitrogens is 1. The highest BCUT2D eigenvalue weighted by Crippen LogP contribution is 2.33. The van der Waals surface area contributed by atoms with Crippen molar-refractivity contribution in [2.45, 2.75) is 6.92 Å². The first-order valence-corrected chi connectivity index (χ1v) is 7.98. The van der Waals surface area contributed by atoms with Crippen LogP contribution in [0.1, 0.15) is 26.3 Å². The second kappa shape index (κ2) is 5.60. The molecule has 0 radical (unpaired) electrons. The Kier molecular flexibility index (Phi) is 3.39. The molecule has 0 spiro atoms. The van der Waals surface area contributed by atoms with Gasteiger partial charge in [0.2, 0.25) is 0 Å². The summed E-state index contributed by atoms with van der Waals surface area (Å²) in [6.45, 7) is 2.03. The molecule has 0 saturated carbocycles. The SMILES string of the molecule is Cc1cccc(-c2cc(C(N)=O)c3[nH]c4ccc(C=O)cc4c3c2)c1. The fraction of sp³-hybridized carbons (Fsp3) is 0.0476. The van der Waals surface area contributed by atoms with Crippen molar-refractivity contribution in [1.29, 1.82) is 0 Å². The molecule has 1 heterocycles. The Bertz CT molecular complexity index is 1160. The van der Waals surface area contributed by atoms with E-state index in [4.69, 9.17) is 5.73 Å². The van der Waals surface area contributed by atoms with E-state index in [2.05, 4.69) is 11.1 Å². The van der Waals surface area contributed by atoms with E-state index >= 15 is 0 Å². The molecule has 0 bridgehead atoms. The zero-order valence-corrected chi connectivity index (χ0v) is 13.7. The van der Waals surface area contributed by atoms with Gasteiger partial charge < -0.3 is 10.7 Å². The van der Waals surface area contributed by atoms with Crippen LogP contribution in [0.2, 0.25) is 0 Å². The van der Waals surface area contributed by atoms with Gasteiger partial charge in [0, 0.05) is 21.9 Å². The second-order valence-corrected chi connectivity index (χ2v) is 6.23. The quantitative estimate of drug-likeness (QED) is 0.553. The van der Waals surface area contributed by atoms with Crippen LogP contribution in [0.4, 0.5) is 0 Å². The van der Waals surface area contributed by atoms with Gasteiger partial charge in [-0.15, -0.1) is 0 Å². The third kappa shape index (κ3) is 2.48. The van der Waals surface area contributed by atoms with Crippen molar-refractivity contribution in [3.05, 3.63) is 71.3 Å². The predicted molar refractivity (Wildman–Crippen MR) is 99.9 cm³/mol. The summed E-state index contributed by atoms with van der Waals surface area (Å²) in [6, 6.07) is 17.3. The lowest BCUT2D eigenvalue weighted by molar-refractivity contribution is 0.100. The minimum Gasteiger partial charge on any atom is -0.366 e. The minimum absolute atomic E-state index is 0.442. The molecule has 0 aliphatic rings. The Balaban J connectivity index is 2.10. The lowest BCUT2D eigenvalue weighted by Crippen LogP contribution is -2.11. The van der Waals surface area contributed by atoms with Gasteiger partial charge in [-0.3, -0.25) is 9.59 Å². The average Bonchev–Trinajstić information content (AvgIpc) is 2.98. The van der Waals surface area contributed by atoms with Gasteiger partial charge in [-0.05, 0) is 48.4 Å². The van der Waals surface area contributed by atoms with Gasteiger partial charge in [0.15, 0.2) is 0 Å². The third-order valence-corrected chi connectivity index (χ3v) is 4.48. The van der Waals surface area contributed by atoms with Crippen LogP contribution in [0.5, 0.6) is 0 Å². The van der Waals surface area contributed by atoms with Crippen LogP contribution in [0.3, 0.4) is 0 Å². The molecule has 3 N–H and O–H groups in total. The lowest BCUT2D eigenvalue weighted by atomic mass is 9.97. The van der Waals surface area contributed by atoms with Crippen molar-refractivity contribution >= 4 is 34.0 Å². The van der Waals surface area contributed by atoms with Gasteiger partial charge in [0.05, 0.1) is 11.1 Å². The van der Waals surface area contributed by atoms with Crippen LogP contribution in [0, 0.1) is 6.92 Å². The maximum atomic E-state index is 12.0. The molecule has 0 saturated heterocycles. The summed E-state index contributed by atoms with van der Waals surface area (Å²) in [7, 11) is 0. The van der Waals surface area contributed by atoms with E-state index in [-0.39, 0.29) is 0 Å². The molecule has 4 rings (SSSR count). The zero-order chi connectivity index (χ0) is 17.6. The third-order valence-electron chi connectivity index (χ3n) is 4.48. The molecule has 25 heavy (non-hydrogen) atoms. The summed E-state index contributed by atoms with van der Waals surface area (Å²) in [5.74, 6) is -0.485. The largest absolute Gasteiger partial charge is 0.366 e. The van der Waals surface area contributed by atoms with Crippen molar-refractivity contribution < 1.29 is 9.59 Å². The molecule has 0 atom stereocenters. The summed E-state index contributed by atoms with van der Waals surface area (Å²) < 4.78 is 0. The highest BCUT2D eigenvalue weighted by atomic mass is 16.1. The van der Waals surface area contributed by atoms with Crippen LogP contribution in [0.15, 0.2) is 54.6 Å². The summed E-state index contributed by atoms with van der Waals surface area (Å²) in [5, 5.41) is 1.78. The highest BCUT2D eigenvalue weighted by molar-refractivity contribution is 6.16. The van der Waals surface area contributed by atoms with E-state index in [9.17, 15) is 9.59 Å². The van der Waals surface area contributed by atoms with E-state index in [1.165, 1.54) is 0 Å². The van der Waals surface area contributed by atoms with E-state index < -0.39 is 5.91 Å². The monoisotopic (exact) mass is 328 g/mol. The first-order valence-electron chi connectivity index (χ1n) is 7.98.